The summed E-state index contributed by atoms with van der Waals surface area (Å²) in [7, 11) is 0. The van der Waals surface area contributed by atoms with E-state index in [2.05, 4.69) is 50.4 Å². The van der Waals surface area contributed by atoms with Gasteiger partial charge >= 0.3 is 0 Å². The summed E-state index contributed by atoms with van der Waals surface area (Å²) in [5.41, 5.74) is 1.22. The first kappa shape index (κ1) is 10.1. The van der Waals surface area contributed by atoms with E-state index >= 15 is 0 Å². The lowest BCUT2D eigenvalue weighted by Crippen LogP contribution is -2.22. The molecule has 1 nitrogen and oxygen atoms in total. The van der Waals surface area contributed by atoms with Gasteiger partial charge in [0, 0.05) is 11.7 Å². The standard InChI is InChI=1S/C12H19N/c1-4-10(2)11(3)13-12-8-6-5-7-9-12/h5-11,13H,4H2,1-3H3. The zero-order chi connectivity index (χ0) is 9.68. The van der Waals surface area contributed by atoms with E-state index < -0.39 is 0 Å². The minimum atomic E-state index is 0.549. The van der Waals surface area contributed by atoms with E-state index in [0.29, 0.717) is 6.04 Å². The van der Waals surface area contributed by atoms with Crippen LogP contribution in [-0.4, -0.2) is 6.04 Å². The van der Waals surface area contributed by atoms with Crippen LogP contribution in [0.25, 0.3) is 0 Å². The highest BCUT2D eigenvalue weighted by Gasteiger charge is 2.08. The lowest BCUT2D eigenvalue weighted by molar-refractivity contribution is 0.494. The van der Waals surface area contributed by atoms with Crippen molar-refractivity contribution in [2.24, 2.45) is 5.92 Å². The summed E-state index contributed by atoms with van der Waals surface area (Å²) < 4.78 is 0. The molecular formula is C12H19N. The van der Waals surface area contributed by atoms with E-state index in [0.717, 1.165) is 5.92 Å². The molecule has 1 heteroatoms. The van der Waals surface area contributed by atoms with Crippen LogP contribution < -0.4 is 5.32 Å². The molecule has 0 spiro atoms. The Kier molecular flexibility index (Phi) is 3.81. The van der Waals surface area contributed by atoms with Gasteiger partial charge in [0.2, 0.25) is 0 Å². The van der Waals surface area contributed by atoms with E-state index in [9.17, 15) is 0 Å². The van der Waals surface area contributed by atoms with Crippen LogP contribution in [0.15, 0.2) is 30.3 Å². The fourth-order valence-electron chi connectivity index (χ4n) is 1.29. The maximum atomic E-state index is 3.49. The third-order valence-electron chi connectivity index (χ3n) is 2.67. The van der Waals surface area contributed by atoms with Crippen LogP contribution in [0, 0.1) is 5.92 Å². The van der Waals surface area contributed by atoms with Gasteiger partial charge in [0.15, 0.2) is 0 Å². The second-order valence-electron chi connectivity index (χ2n) is 3.68. The number of anilines is 1. The minimum Gasteiger partial charge on any atom is -0.382 e. The van der Waals surface area contributed by atoms with Gasteiger partial charge in [0.1, 0.15) is 0 Å². The van der Waals surface area contributed by atoms with E-state index in [1.54, 1.807) is 0 Å². The number of nitrogens with one attached hydrogen (secondary N) is 1. The van der Waals surface area contributed by atoms with Gasteiger partial charge in [-0.1, -0.05) is 38.5 Å². The highest BCUT2D eigenvalue weighted by molar-refractivity contribution is 5.43. The number of hydrogen-bond acceptors (Lipinski definition) is 1. The van der Waals surface area contributed by atoms with Gasteiger partial charge in [0.05, 0.1) is 0 Å². The highest BCUT2D eigenvalue weighted by Crippen LogP contribution is 2.13. The quantitative estimate of drug-likeness (QED) is 0.741. The Morgan fingerprint density at radius 3 is 2.31 bits per heavy atom. The molecule has 0 aliphatic carbocycles. The molecule has 0 radical (unpaired) electrons. The van der Waals surface area contributed by atoms with Crippen LogP contribution in [0.4, 0.5) is 5.69 Å². The Balaban J connectivity index is 2.50. The molecule has 0 saturated carbocycles. The Morgan fingerprint density at radius 2 is 1.77 bits per heavy atom. The lowest BCUT2D eigenvalue weighted by Gasteiger charge is -2.20. The Morgan fingerprint density at radius 1 is 1.15 bits per heavy atom. The van der Waals surface area contributed by atoms with Crippen LogP contribution >= 0.6 is 0 Å². The zero-order valence-corrected chi connectivity index (χ0v) is 8.75. The third-order valence-corrected chi connectivity index (χ3v) is 2.67. The molecule has 1 rings (SSSR count). The van der Waals surface area contributed by atoms with Gasteiger partial charge in [-0.3, -0.25) is 0 Å². The first-order valence-corrected chi connectivity index (χ1v) is 5.05. The normalized spacial score (nSPS) is 15.0. The molecular weight excluding hydrogens is 158 g/mol. The van der Waals surface area contributed by atoms with Crippen molar-refractivity contribution < 1.29 is 0 Å². The van der Waals surface area contributed by atoms with Gasteiger partial charge < -0.3 is 5.32 Å². The number of benzene rings is 1. The molecule has 2 atom stereocenters. The van der Waals surface area contributed by atoms with E-state index in [1.165, 1.54) is 12.1 Å². The van der Waals surface area contributed by atoms with Crippen molar-refractivity contribution in [3.63, 3.8) is 0 Å². The monoisotopic (exact) mass is 177 g/mol. The molecule has 0 amide bonds. The number of hydrogen-bond donors (Lipinski definition) is 1. The van der Waals surface area contributed by atoms with Crippen LogP contribution in [0.3, 0.4) is 0 Å². The summed E-state index contributed by atoms with van der Waals surface area (Å²) in [6, 6.07) is 10.9. The first-order valence-electron chi connectivity index (χ1n) is 5.05. The molecule has 0 fully saturated rings. The topological polar surface area (TPSA) is 12.0 Å². The average Bonchev–Trinajstić information content (AvgIpc) is 2.18. The largest absolute Gasteiger partial charge is 0.382 e. The second-order valence-corrected chi connectivity index (χ2v) is 3.68. The van der Waals surface area contributed by atoms with Crippen LogP contribution in [0.2, 0.25) is 0 Å². The first-order chi connectivity index (χ1) is 6.24. The van der Waals surface area contributed by atoms with Crippen molar-refractivity contribution in [1.29, 1.82) is 0 Å². The van der Waals surface area contributed by atoms with Crippen molar-refractivity contribution in [3.05, 3.63) is 30.3 Å². The molecule has 72 valence electrons. The van der Waals surface area contributed by atoms with Crippen LogP contribution in [0.5, 0.6) is 0 Å². The average molecular weight is 177 g/mol. The van der Waals surface area contributed by atoms with Gasteiger partial charge in [-0.15, -0.1) is 0 Å². The molecule has 0 saturated heterocycles. The summed E-state index contributed by atoms with van der Waals surface area (Å²) >= 11 is 0. The predicted octanol–water partition coefficient (Wildman–Crippen LogP) is 3.53. The number of para-hydroxylation sites is 1. The molecule has 1 aromatic rings. The molecule has 0 heterocycles. The highest BCUT2D eigenvalue weighted by atomic mass is 14.9. The molecule has 1 N–H and O–H groups in total. The van der Waals surface area contributed by atoms with E-state index in [-0.39, 0.29) is 0 Å². The maximum absolute atomic E-state index is 3.49. The molecule has 1 aromatic carbocycles. The van der Waals surface area contributed by atoms with Crippen molar-refractivity contribution in [2.45, 2.75) is 33.2 Å². The summed E-state index contributed by atoms with van der Waals surface area (Å²) in [6.07, 6.45) is 1.22. The SMILES string of the molecule is CCC(C)C(C)Nc1ccccc1. The zero-order valence-electron chi connectivity index (χ0n) is 8.75. The third kappa shape index (κ3) is 3.10. The van der Waals surface area contributed by atoms with Gasteiger partial charge in [-0.2, -0.15) is 0 Å². The molecule has 0 aliphatic rings. The van der Waals surface area contributed by atoms with Gasteiger partial charge in [-0.25, -0.2) is 0 Å². The summed E-state index contributed by atoms with van der Waals surface area (Å²) in [5, 5.41) is 3.49. The van der Waals surface area contributed by atoms with Crippen LogP contribution in [-0.2, 0) is 0 Å². The van der Waals surface area contributed by atoms with Crippen molar-refractivity contribution in [2.75, 3.05) is 5.32 Å². The summed E-state index contributed by atoms with van der Waals surface area (Å²) in [4.78, 5) is 0. The summed E-state index contributed by atoms with van der Waals surface area (Å²) in [6.45, 7) is 6.75. The fraction of sp³-hybridized carbons (Fsp3) is 0.500. The second kappa shape index (κ2) is 4.90. The fourth-order valence-corrected chi connectivity index (χ4v) is 1.29. The molecule has 13 heavy (non-hydrogen) atoms. The van der Waals surface area contributed by atoms with E-state index in [4.69, 9.17) is 0 Å². The van der Waals surface area contributed by atoms with Crippen LogP contribution in [0.1, 0.15) is 27.2 Å². The minimum absolute atomic E-state index is 0.549. The molecule has 0 bridgehead atoms. The maximum Gasteiger partial charge on any atom is 0.0342 e. The van der Waals surface area contributed by atoms with Crippen molar-refractivity contribution >= 4 is 5.69 Å². The smallest absolute Gasteiger partial charge is 0.0342 e. The van der Waals surface area contributed by atoms with Crippen molar-refractivity contribution in [3.8, 4) is 0 Å². The molecule has 0 aromatic heterocycles. The summed E-state index contributed by atoms with van der Waals surface area (Å²) in [5.74, 6) is 0.722. The molecule has 2 unspecified atom stereocenters. The Hall–Kier alpha value is -0.980. The number of rotatable bonds is 4. The lowest BCUT2D eigenvalue weighted by atomic mass is 10.0. The molecule has 0 aliphatic heterocycles. The van der Waals surface area contributed by atoms with Gasteiger partial charge in [-0.05, 0) is 25.0 Å². The predicted molar refractivity (Wildman–Crippen MR) is 59.0 cm³/mol. The van der Waals surface area contributed by atoms with E-state index in [1.807, 2.05) is 6.07 Å². The van der Waals surface area contributed by atoms with Crippen molar-refractivity contribution in [1.82, 2.24) is 0 Å². The Labute approximate surface area is 81.2 Å². The van der Waals surface area contributed by atoms with Gasteiger partial charge in [0.25, 0.3) is 0 Å². The Bertz CT molecular complexity index is 230.